The zero-order valence-corrected chi connectivity index (χ0v) is 11.5. The molecule has 2 unspecified atom stereocenters. The molecule has 0 heterocycles. The number of hydrogen-bond donors (Lipinski definition) is 1. The van der Waals surface area contributed by atoms with Crippen LogP contribution in [0.15, 0.2) is 0 Å². The lowest BCUT2D eigenvalue weighted by Crippen LogP contribution is -2.55. The average Bonchev–Trinajstić information content (AvgIpc) is 2.17. The van der Waals surface area contributed by atoms with Gasteiger partial charge in [0.05, 0.1) is 0 Å². The minimum atomic E-state index is 0.165. The maximum absolute atomic E-state index is 5.98. The summed E-state index contributed by atoms with van der Waals surface area (Å²) in [4.78, 5) is 2.56. The molecule has 2 atom stereocenters. The van der Waals surface area contributed by atoms with Gasteiger partial charge in [-0.15, -0.1) is 0 Å². The lowest BCUT2D eigenvalue weighted by atomic mass is 9.87. The molecular formula is C13H30N2. The van der Waals surface area contributed by atoms with Crippen molar-refractivity contribution in [2.24, 2.45) is 11.7 Å². The Kier molecular flexibility index (Phi) is 6.46. The van der Waals surface area contributed by atoms with Crippen molar-refractivity contribution in [3.8, 4) is 0 Å². The summed E-state index contributed by atoms with van der Waals surface area (Å²) >= 11 is 0. The van der Waals surface area contributed by atoms with Crippen LogP contribution in [0.2, 0.25) is 0 Å². The van der Waals surface area contributed by atoms with E-state index in [2.05, 4.69) is 46.4 Å². The zero-order chi connectivity index (χ0) is 12.1. The normalized spacial score (nSPS) is 18.2. The molecule has 0 amide bonds. The minimum absolute atomic E-state index is 0.165. The number of nitrogens with two attached hydrogens (primary N) is 1. The molecule has 0 aromatic rings. The van der Waals surface area contributed by atoms with Crippen molar-refractivity contribution >= 4 is 0 Å². The predicted molar refractivity (Wildman–Crippen MR) is 69.0 cm³/mol. The van der Waals surface area contributed by atoms with Gasteiger partial charge in [-0.3, -0.25) is 4.90 Å². The highest BCUT2D eigenvalue weighted by Crippen LogP contribution is 2.25. The van der Waals surface area contributed by atoms with Gasteiger partial charge in [-0.1, -0.05) is 27.7 Å². The number of nitrogens with zero attached hydrogens (tertiary/aromatic N) is 1. The van der Waals surface area contributed by atoms with Crippen LogP contribution >= 0.6 is 0 Å². The Hall–Kier alpha value is -0.0800. The van der Waals surface area contributed by atoms with E-state index < -0.39 is 0 Å². The monoisotopic (exact) mass is 214 g/mol. The lowest BCUT2D eigenvalue weighted by molar-refractivity contribution is 0.0552. The molecule has 0 saturated heterocycles. The van der Waals surface area contributed by atoms with Gasteiger partial charge in [-0.05, 0) is 39.2 Å². The molecule has 0 aliphatic heterocycles. The van der Waals surface area contributed by atoms with Crippen molar-refractivity contribution in [2.45, 2.75) is 66.0 Å². The third-order valence-electron chi connectivity index (χ3n) is 3.44. The molecule has 0 bridgehead atoms. The Bertz CT molecular complexity index is 168. The number of rotatable bonds is 7. The van der Waals surface area contributed by atoms with Gasteiger partial charge in [0, 0.05) is 18.1 Å². The van der Waals surface area contributed by atoms with Crippen LogP contribution in [0.5, 0.6) is 0 Å². The fraction of sp³-hybridized carbons (Fsp3) is 1.00. The summed E-state index contributed by atoms with van der Waals surface area (Å²) in [7, 11) is 0. The Balaban J connectivity index is 4.71. The van der Waals surface area contributed by atoms with Crippen molar-refractivity contribution in [3.63, 3.8) is 0 Å². The van der Waals surface area contributed by atoms with Gasteiger partial charge in [0.15, 0.2) is 0 Å². The first-order chi connectivity index (χ1) is 6.91. The first kappa shape index (κ1) is 14.9. The molecule has 0 rings (SSSR count). The maximum Gasteiger partial charge on any atom is 0.0308 e. The minimum Gasteiger partial charge on any atom is -0.329 e. The summed E-state index contributed by atoms with van der Waals surface area (Å²) in [5, 5.41) is 0. The van der Waals surface area contributed by atoms with Gasteiger partial charge in [0.25, 0.3) is 0 Å². The summed E-state index contributed by atoms with van der Waals surface area (Å²) in [6.07, 6.45) is 2.38. The van der Waals surface area contributed by atoms with Crippen LogP contribution in [0.4, 0.5) is 0 Å². The van der Waals surface area contributed by atoms with Gasteiger partial charge in [0.2, 0.25) is 0 Å². The number of likely N-dealkylation sites (N-methyl/N-ethyl adjacent to an activating group) is 1. The first-order valence-electron chi connectivity index (χ1n) is 6.38. The molecule has 92 valence electrons. The highest BCUT2D eigenvalue weighted by atomic mass is 15.2. The molecule has 0 spiro atoms. The van der Waals surface area contributed by atoms with Crippen LogP contribution in [0, 0.1) is 5.92 Å². The molecule has 0 fully saturated rings. The molecule has 15 heavy (non-hydrogen) atoms. The Morgan fingerprint density at radius 1 is 1.20 bits per heavy atom. The second-order valence-electron chi connectivity index (χ2n) is 5.34. The largest absolute Gasteiger partial charge is 0.329 e. The van der Waals surface area contributed by atoms with E-state index in [0.717, 1.165) is 13.1 Å². The van der Waals surface area contributed by atoms with E-state index in [1.54, 1.807) is 0 Å². The van der Waals surface area contributed by atoms with Crippen LogP contribution in [-0.2, 0) is 0 Å². The first-order valence-corrected chi connectivity index (χ1v) is 6.38. The Morgan fingerprint density at radius 3 is 2.00 bits per heavy atom. The van der Waals surface area contributed by atoms with Crippen molar-refractivity contribution in [1.29, 1.82) is 0 Å². The standard InChI is InChI=1S/C13H30N2/c1-7-12(5)15(8-2)13(6,10-14)9-11(3)4/h11-12H,7-10,14H2,1-6H3. The van der Waals surface area contributed by atoms with Gasteiger partial charge in [-0.2, -0.15) is 0 Å². The molecule has 2 nitrogen and oxygen atoms in total. The summed E-state index contributed by atoms with van der Waals surface area (Å²) in [6.45, 7) is 15.5. The van der Waals surface area contributed by atoms with Crippen LogP contribution in [-0.4, -0.2) is 29.6 Å². The molecule has 0 aromatic carbocycles. The fourth-order valence-electron chi connectivity index (χ4n) is 2.64. The Morgan fingerprint density at radius 2 is 1.73 bits per heavy atom. The molecule has 0 aliphatic rings. The highest BCUT2D eigenvalue weighted by Gasteiger charge is 2.32. The number of hydrogen-bond acceptors (Lipinski definition) is 2. The van der Waals surface area contributed by atoms with Gasteiger partial charge >= 0.3 is 0 Å². The van der Waals surface area contributed by atoms with E-state index in [4.69, 9.17) is 5.73 Å². The fourth-order valence-corrected chi connectivity index (χ4v) is 2.64. The molecule has 2 N–H and O–H groups in total. The summed E-state index contributed by atoms with van der Waals surface area (Å²) in [6, 6.07) is 0.627. The third kappa shape index (κ3) is 4.12. The van der Waals surface area contributed by atoms with E-state index >= 15 is 0 Å². The SMILES string of the molecule is CCC(C)N(CC)C(C)(CN)CC(C)C. The molecule has 0 aromatic heterocycles. The van der Waals surface area contributed by atoms with Crippen LogP contribution < -0.4 is 5.73 Å². The quantitative estimate of drug-likeness (QED) is 0.706. The predicted octanol–water partition coefficient (Wildman–Crippen LogP) is 2.87. The summed E-state index contributed by atoms with van der Waals surface area (Å²) in [5.74, 6) is 0.705. The lowest BCUT2D eigenvalue weighted by Gasteiger charge is -2.45. The van der Waals surface area contributed by atoms with Crippen molar-refractivity contribution in [3.05, 3.63) is 0 Å². The van der Waals surface area contributed by atoms with Crippen molar-refractivity contribution < 1.29 is 0 Å². The Labute approximate surface area is 96.2 Å². The average molecular weight is 214 g/mol. The maximum atomic E-state index is 5.98. The van der Waals surface area contributed by atoms with Crippen LogP contribution in [0.1, 0.15) is 54.4 Å². The van der Waals surface area contributed by atoms with Gasteiger partial charge in [0.1, 0.15) is 0 Å². The van der Waals surface area contributed by atoms with E-state index in [0.29, 0.717) is 12.0 Å². The summed E-state index contributed by atoms with van der Waals surface area (Å²) in [5.41, 5.74) is 6.15. The summed E-state index contributed by atoms with van der Waals surface area (Å²) < 4.78 is 0. The third-order valence-corrected chi connectivity index (χ3v) is 3.44. The molecule has 2 heteroatoms. The van der Waals surface area contributed by atoms with Crippen LogP contribution in [0.25, 0.3) is 0 Å². The molecule has 0 radical (unpaired) electrons. The van der Waals surface area contributed by atoms with E-state index in [9.17, 15) is 0 Å². The van der Waals surface area contributed by atoms with Crippen molar-refractivity contribution in [1.82, 2.24) is 4.90 Å². The molecule has 0 saturated carbocycles. The van der Waals surface area contributed by atoms with Crippen LogP contribution in [0.3, 0.4) is 0 Å². The van der Waals surface area contributed by atoms with E-state index in [-0.39, 0.29) is 5.54 Å². The molecule has 0 aliphatic carbocycles. The van der Waals surface area contributed by atoms with E-state index in [1.165, 1.54) is 12.8 Å². The topological polar surface area (TPSA) is 29.3 Å². The second kappa shape index (κ2) is 6.49. The van der Waals surface area contributed by atoms with Crippen molar-refractivity contribution in [2.75, 3.05) is 13.1 Å². The zero-order valence-electron chi connectivity index (χ0n) is 11.5. The van der Waals surface area contributed by atoms with Gasteiger partial charge < -0.3 is 5.73 Å². The van der Waals surface area contributed by atoms with E-state index in [1.807, 2.05) is 0 Å². The molecular weight excluding hydrogens is 184 g/mol. The second-order valence-corrected chi connectivity index (χ2v) is 5.34. The smallest absolute Gasteiger partial charge is 0.0308 e. The highest BCUT2D eigenvalue weighted by molar-refractivity contribution is 4.90. The van der Waals surface area contributed by atoms with Gasteiger partial charge in [-0.25, -0.2) is 0 Å².